The summed E-state index contributed by atoms with van der Waals surface area (Å²) in [5.74, 6) is -0.0504. The first kappa shape index (κ1) is 16.3. The molecule has 2 aromatic heterocycles. The van der Waals surface area contributed by atoms with Gasteiger partial charge in [0.15, 0.2) is 0 Å². The number of carbonyl (C=O) groups excluding carboxylic acids is 1. The Hall–Kier alpha value is -2.18. The fourth-order valence-corrected chi connectivity index (χ4v) is 4.81. The molecule has 0 fully saturated rings. The van der Waals surface area contributed by atoms with Gasteiger partial charge in [0.25, 0.3) is 5.91 Å². The van der Waals surface area contributed by atoms with Crippen molar-refractivity contribution in [3.8, 4) is 10.7 Å². The number of benzene rings is 1. The van der Waals surface area contributed by atoms with Gasteiger partial charge in [0, 0.05) is 27.8 Å². The van der Waals surface area contributed by atoms with E-state index in [2.05, 4.69) is 29.9 Å². The minimum atomic E-state index is -0.0504. The van der Waals surface area contributed by atoms with Gasteiger partial charge in [-0.05, 0) is 31.2 Å². The molecule has 1 aromatic carbocycles. The molecule has 1 amide bonds. The summed E-state index contributed by atoms with van der Waals surface area (Å²) in [5.41, 5.74) is 2.24. The molecule has 3 aromatic rings. The van der Waals surface area contributed by atoms with Crippen molar-refractivity contribution in [1.82, 2.24) is 9.97 Å². The number of hydrogen-bond acceptors (Lipinski definition) is 5. The van der Waals surface area contributed by atoms with E-state index in [0.717, 1.165) is 21.3 Å². The number of thiazole rings is 1. The minimum Gasteiger partial charge on any atom is -0.302 e. The Morgan fingerprint density at radius 2 is 1.92 bits per heavy atom. The highest BCUT2D eigenvalue weighted by Crippen LogP contribution is 2.42. The zero-order valence-electron chi connectivity index (χ0n) is 13.9. The molecule has 3 heterocycles. The lowest BCUT2D eigenvalue weighted by Gasteiger charge is -2.38. The maximum Gasteiger partial charge on any atom is 0.278 e. The fourth-order valence-electron chi connectivity index (χ4n) is 2.88. The molecule has 0 saturated carbocycles. The number of anilines is 1. The zero-order valence-corrected chi connectivity index (χ0v) is 15.6. The fraction of sp³-hybridized carbons (Fsp3) is 0.211. The Morgan fingerprint density at radius 1 is 1.12 bits per heavy atom. The van der Waals surface area contributed by atoms with Crippen LogP contribution in [0.2, 0.25) is 0 Å². The van der Waals surface area contributed by atoms with Crippen LogP contribution in [0.1, 0.15) is 24.3 Å². The summed E-state index contributed by atoms with van der Waals surface area (Å²) in [4.78, 5) is 25.1. The third kappa shape index (κ3) is 2.96. The molecule has 6 heteroatoms. The molecule has 4 nitrogen and oxygen atoms in total. The van der Waals surface area contributed by atoms with Crippen LogP contribution >= 0.6 is 23.1 Å². The third-order valence-corrected chi connectivity index (χ3v) is 6.58. The van der Waals surface area contributed by atoms with Crippen molar-refractivity contribution in [2.45, 2.75) is 30.0 Å². The number of hydrogen-bond donors (Lipinski definition) is 0. The van der Waals surface area contributed by atoms with E-state index in [9.17, 15) is 4.79 Å². The van der Waals surface area contributed by atoms with Gasteiger partial charge in [-0.1, -0.05) is 25.1 Å². The summed E-state index contributed by atoms with van der Waals surface area (Å²) >= 11 is 3.27. The second-order valence-electron chi connectivity index (χ2n) is 5.96. The van der Waals surface area contributed by atoms with E-state index in [4.69, 9.17) is 0 Å². The number of fused-ring (bicyclic) bond motifs is 1. The van der Waals surface area contributed by atoms with E-state index in [1.54, 1.807) is 6.20 Å². The van der Waals surface area contributed by atoms with Gasteiger partial charge in [-0.25, -0.2) is 4.98 Å². The summed E-state index contributed by atoms with van der Waals surface area (Å²) in [7, 11) is 0. The van der Waals surface area contributed by atoms with Gasteiger partial charge in [0.1, 0.15) is 10.7 Å². The molecular weight excluding hydrogens is 350 g/mol. The molecule has 1 aliphatic heterocycles. The molecular formula is C19H17N3OS2. The third-order valence-electron chi connectivity index (χ3n) is 4.35. The summed E-state index contributed by atoms with van der Waals surface area (Å²) in [6, 6.07) is 13.9. The molecule has 25 heavy (non-hydrogen) atoms. The first-order chi connectivity index (χ1) is 12.1. The lowest BCUT2D eigenvalue weighted by molar-refractivity contribution is 0.0973. The Bertz CT molecular complexity index is 910. The van der Waals surface area contributed by atoms with Crippen LogP contribution in [0.3, 0.4) is 0 Å². The molecule has 0 aliphatic carbocycles. The van der Waals surface area contributed by atoms with E-state index in [1.165, 1.54) is 11.3 Å². The van der Waals surface area contributed by atoms with Gasteiger partial charge in [0.05, 0.1) is 11.4 Å². The number of carbonyl (C=O) groups is 1. The standard InChI is InChI=1S/C19H17N3OS2/c1-12-13(2)25-17-9-4-3-8-16(17)22(12)19(23)15-11-24-18(21-15)14-7-5-6-10-20-14/h3-13H,1-2H3/t12-,13-/m0/s1. The van der Waals surface area contributed by atoms with Gasteiger partial charge >= 0.3 is 0 Å². The van der Waals surface area contributed by atoms with Crippen LogP contribution < -0.4 is 4.90 Å². The number of thioether (sulfide) groups is 1. The van der Waals surface area contributed by atoms with E-state index in [1.807, 2.05) is 58.4 Å². The van der Waals surface area contributed by atoms with Gasteiger partial charge in [-0.2, -0.15) is 0 Å². The number of rotatable bonds is 2. The predicted molar refractivity (Wildman–Crippen MR) is 103 cm³/mol. The zero-order chi connectivity index (χ0) is 17.4. The summed E-state index contributed by atoms with van der Waals surface area (Å²) < 4.78 is 0. The quantitative estimate of drug-likeness (QED) is 0.657. The van der Waals surface area contributed by atoms with Crippen LogP contribution in [0, 0.1) is 0 Å². The van der Waals surface area contributed by atoms with Gasteiger partial charge in [-0.15, -0.1) is 23.1 Å². The lowest BCUT2D eigenvalue weighted by atomic mass is 10.1. The monoisotopic (exact) mass is 367 g/mol. The lowest BCUT2D eigenvalue weighted by Crippen LogP contribution is -2.46. The van der Waals surface area contributed by atoms with Crippen molar-refractivity contribution < 1.29 is 4.79 Å². The van der Waals surface area contributed by atoms with Crippen molar-refractivity contribution in [2.24, 2.45) is 0 Å². The molecule has 0 unspecified atom stereocenters. The Morgan fingerprint density at radius 3 is 2.72 bits per heavy atom. The van der Waals surface area contributed by atoms with Crippen molar-refractivity contribution in [2.75, 3.05) is 4.90 Å². The maximum absolute atomic E-state index is 13.2. The van der Waals surface area contributed by atoms with Crippen LogP contribution in [0.4, 0.5) is 5.69 Å². The largest absolute Gasteiger partial charge is 0.302 e. The molecule has 0 spiro atoms. The molecule has 0 radical (unpaired) electrons. The van der Waals surface area contributed by atoms with Crippen molar-refractivity contribution >= 4 is 34.7 Å². The Labute approximate surface area is 154 Å². The molecule has 2 atom stereocenters. The summed E-state index contributed by atoms with van der Waals surface area (Å²) in [6.07, 6.45) is 1.74. The first-order valence-corrected chi connectivity index (χ1v) is 9.87. The normalized spacial score (nSPS) is 19.5. The van der Waals surface area contributed by atoms with E-state index >= 15 is 0 Å². The summed E-state index contributed by atoms with van der Waals surface area (Å²) in [5, 5.41) is 2.92. The average molecular weight is 367 g/mol. The van der Waals surface area contributed by atoms with E-state index in [0.29, 0.717) is 10.9 Å². The second kappa shape index (κ2) is 6.61. The maximum atomic E-state index is 13.2. The molecule has 126 valence electrons. The van der Waals surface area contributed by atoms with Crippen LogP contribution in [0.15, 0.2) is 58.9 Å². The number of amides is 1. The predicted octanol–water partition coefficient (Wildman–Crippen LogP) is 4.73. The molecule has 1 aliphatic rings. The van der Waals surface area contributed by atoms with Crippen molar-refractivity contribution in [3.05, 3.63) is 59.7 Å². The molecule has 0 bridgehead atoms. The van der Waals surface area contributed by atoms with Gasteiger partial charge in [-0.3, -0.25) is 9.78 Å². The van der Waals surface area contributed by atoms with Gasteiger partial charge < -0.3 is 4.90 Å². The van der Waals surface area contributed by atoms with Crippen LogP contribution in [-0.4, -0.2) is 27.2 Å². The SMILES string of the molecule is C[C@@H]1Sc2ccccc2N(C(=O)c2csc(-c3ccccn3)n2)[C@H]1C. The smallest absolute Gasteiger partial charge is 0.278 e. The first-order valence-electron chi connectivity index (χ1n) is 8.11. The van der Waals surface area contributed by atoms with E-state index in [-0.39, 0.29) is 11.9 Å². The molecule has 0 saturated heterocycles. The summed E-state index contributed by atoms with van der Waals surface area (Å²) in [6.45, 7) is 4.25. The van der Waals surface area contributed by atoms with Crippen LogP contribution in [-0.2, 0) is 0 Å². The van der Waals surface area contributed by atoms with Crippen molar-refractivity contribution in [1.29, 1.82) is 0 Å². The number of nitrogens with zero attached hydrogens (tertiary/aromatic N) is 3. The topological polar surface area (TPSA) is 46.1 Å². The Kier molecular flexibility index (Phi) is 4.31. The van der Waals surface area contributed by atoms with Crippen LogP contribution in [0.5, 0.6) is 0 Å². The van der Waals surface area contributed by atoms with E-state index < -0.39 is 0 Å². The average Bonchev–Trinajstić information content (AvgIpc) is 3.13. The van der Waals surface area contributed by atoms with Crippen molar-refractivity contribution in [3.63, 3.8) is 0 Å². The highest BCUT2D eigenvalue weighted by atomic mass is 32.2. The Balaban J connectivity index is 1.70. The highest BCUT2D eigenvalue weighted by molar-refractivity contribution is 8.00. The number of para-hydroxylation sites is 1. The number of aromatic nitrogens is 2. The molecule has 4 rings (SSSR count). The number of pyridine rings is 1. The van der Waals surface area contributed by atoms with Gasteiger partial charge in [0.2, 0.25) is 0 Å². The highest BCUT2D eigenvalue weighted by Gasteiger charge is 2.34. The molecule has 0 N–H and O–H groups in total. The minimum absolute atomic E-state index is 0.0504. The second-order valence-corrected chi connectivity index (χ2v) is 8.24. The van der Waals surface area contributed by atoms with Crippen LogP contribution in [0.25, 0.3) is 10.7 Å².